The first-order chi connectivity index (χ1) is 34.4. The van der Waals surface area contributed by atoms with Gasteiger partial charge in [-0.15, -0.1) is 0 Å². The number of ether oxygens (including phenoxy) is 1. The SMILES string of the molecule is CN(CCCN1c2ccccc2CCc2ccccc21)C(=O)C1NCCc2ccccc21.CN(CCCN1c2ccccc2CCc2ccccc21)C(=O)C1c2ccccc2CCN1C(=O)OC(C)(C)C. The third kappa shape index (κ3) is 11.2. The lowest BCUT2D eigenvalue weighted by atomic mass is 9.92. The zero-order valence-electron chi connectivity index (χ0n) is 42.3. The lowest BCUT2D eigenvalue weighted by Gasteiger charge is -2.38. The van der Waals surface area contributed by atoms with E-state index < -0.39 is 17.7 Å². The van der Waals surface area contributed by atoms with Crippen molar-refractivity contribution in [3.05, 3.63) is 190 Å². The van der Waals surface area contributed by atoms with Crippen molar-refractivity contribution < 1.29 is 19.1 Å². The predicted octanol–water partition coefficient (Wildman–Crippen LogP) is 11.0. The first kappa shape index (κ1) is 49.1. The Morgan fingerprint density at radius 3 is 1.38 bits per heavy atom. The number of rotatable bonds is 10. The van der Waals surface area contributed by atoms with Crippen molar-refractivity contribution in [2.45, 2.75) is 89.8 Å². The molecule has 0 aromatic heterocycles. The molecule has 6 aromatic rings. The minimum atomic E-state index is -0.686. The Bertz CT molecular complexity index is 2740. The average Bonchev–Trinajstić information content (AvgIpc) is 3.65. The second kappa shape index (κ2) is 22.0. The molecule has 3 amide bonds. The predicted molar refractivity (Wildman–Crippen MR) is 286 cm³/mol. The summed E-state index contributed by atoms with van der Waals surface area (Å²) < 4.78 is 5.70. The van der Waals surface area contributed by atoms with E-state index in [1.165, 1.54) is 50.6 Å². The van der Waals surface area contributed by atoms with Crippen molar-refractivity contribution in [1.82, 2.24) is 20.0 Å². The van der Waals surface area contributed by atoms with Crippen LogP contribution in [0.4, 0.5) is 27.5 Å². The molecule has 4 aliphatic rings. The molecule has 0 bridgehead atoms. The normalized spacial score (nSPS) is 16.7. The van der Waals surface area contributed by atoms with Gasteiger partial charge in [-0.05, 0) is 141 Å². The number of aryl methyl sites for hydroxylation is 4. The van der Waals surface area contributed by atoms with Crippen LogP contribution >= 0.6 is 0 Å². The van der Waals surface area contributed by atoms with Crippen molar-refractivity contribution in [2.24, 2.45) is 0 Å². The summed E-state index contributed by atoms with van der Waals surface area (Å²) in [4.78, 5) is 50.5. The van der Waals surface area contributed by atoms with E-state index in [-0.39, 0.29) is 17.9 Å². The third-order valence-electron chi connectivity index (χ3n) is 14.5. The molecule has 0 spiro atoms. The van der Waals surface area contributed by atoms with Crippen LogP contribution in [0.1, 0.15) is 90.2 Å². The van der Waals surface area contributed by atoms with Crippen LogP contribution in [-0.4, -0.2) is 91.6 Å². The van der Waals surface area contributed by atoms with Gasteiger partial charge in [0.05, 0.1) is 0 Å². The lowest BCUT2D eigenvalue weighted by molar-refractivity contribution is -0.136. The van der Waals surface area contributed by atoms with Crippen LogP contribution in [0.5, 0.6) is 0 Å². The maximum absolute atomic E-state index is 13.9. The second-order valence-corrected chi connectivity index (χ2v) is 20.4. The highest BCUT2D eigenvalue weighted by Gasteiger charge is 2.39. The second-order valence-electron chi connectivity index (χ2n) is 20.4. The van der Waals surface area contributed by atoms with E-state index in [1.807, 2.05) is 64.0 Å². The van der Waals surface area contributed by atoms with Gasteiger partial charge in [0.15, 0.2) is 0 Å². The van der Waals surface area contributed by atoms with E-state index >= 15 is 0 Å². The van der Waals surface area contributed by atoms with Crippen molar-refractivity contribution >= 4 is 40.7 Å². The number of anilines is 4. The van der Waals surface area contributed by atoms with Gasteiger partial charge < -0.3 is 29.7 Å². The summed E-state index contributed by atoms with van der Waals surface area (Å²) >= 11 is 0. The molecule has 368 valence electrons. The minimum Gasteiger partial charge on any atom is -0.444 e. The van der Waals surface area contributed by atoms with Gasteiger partial charge in [-0.2, -0.15) is 0 Å². The molecular weight excluding hydrogens is 881 g/mol. The smallest absolute Gasteiger partial charge is 0.411 e. The number of nitrogens with one attached hydrogen (secondary N) is 1. The van der Waals surface area contributed by atoms with Crippen LogP contribution in [0.25, 0.3) is 0 Å². The number of amides is 3. The number of benzene rings is 6. The largest absolute Gasteiger partial charge is 0.444 e. The molecule has 2 unspecified atom stereocenters. The Hall–Kier alpha value is -6.91. The molecule has 4 aliphatic heterocycles. The Morgan fingerprint density at radius 1 is 0.521 bits per heavy atom. The highest BCUT2D eigenvalue weighted by atomic mass is 16.6. The van der Waals surface area contributed by atoms with E-state index in [0.29, 0.717) is 19.5 Å². The fourth-order valence-electron chi connectivity index (χ4n) is 10.9. The molecule has 4 heterocycles. The highest BCUT2D eigenvalue weighted by molar-refractivity contribution is 5.88. The molecule has 0 aliphatic carbocycles. The maximum atomic E-state index is 13.9. The molecule has 10 nitrogen and oxygen atoms in total. The Labute approximate surface area is 421 Å². The summed E-state index contributed by atoms with van der Waals surface area (Å²) in [6, 6.07) is 50.1. The summed E-state index contributed by atoms with van der Waals surface area (Å²) in [5, 5.41) is 3.43. The van der Waals surface area contributed by atoms with Crippen LogP contribution in [0.2, 0.25) is 0 Å². The van der Waals surface area contributed by atoms with Crippen molar-refractivity contribution in [3.8, 4) is 0 Å². The van der Waals surface area contributed by atoms with Gasteiger partial charge in [0.2, 0.25) is 11.8 Å². The number of carbonyl (C=O) groups is 3. The van der Waals surface area contributed by atoms with Gasteiger partial charge in [-0.3, -0.25) is 14.5 Å². The topological polar surface area (TPSA) is 88.7 Å². The van der Waals surface area contributed by atoms with Crippen LogP contribution in [0.3, 0.4) is 0 Å². The van der Waals surface area contributed by atoms with Crippen molar-refractivity contribution in [2.75, 3.05) is 63.2 Å². The zero-order chi connectivity index (χ0) is 49.5. The minimum absolute atomic E-state index is 0.0790. The quantitative estimate of drug-likeness (QED) is 0.146. The third-order valence-corrected chi connectivity index (χ3v) is 14.5. The van der Waals surface area contributed by atoms with E-state index in [9.17, 15) is 14.4 Å². The molecular formula is C61H70N6O4. The molecule has 0 saturated carbocycles. The highest BCUT2D eigenvalue weighted by Crippen LogP contribution is 2.38. The Balaban J connectivity index is 0.000000179. The zero-order valence-corrected chi connectivity index (χ0v) is 42.3. The molecule has 2 atom stereocenters. The van der Waals surface area contributed by atoms with Gasteiger partial charge in [0.1, 0.15) is 17.7 Å². The van der Waals surface area contributed by atoms with Crippen molar-refractivity contribution in [3.63, 3.8) is 0 Å². The number of para-hydroxylation sites is 4. The first-order valence-electron chi connectivity index (χ1n) is 25.7. The van der Waals surface area contributed by atoms with Gasteiger partial charge in [0, 0.05) is 76.1 Å². The molecule has 6 aromatic carbocycles. The summed E-state index contributed by atoms with van der Waals surface area (Å²) in [5.74, 6) is 0.0819. The fourth-order valence-corrected chi connectivity index (χ4v) is 10.9. The summed E-state index contributed by atoms with van der Waals surface area (Å²) in [6.07, 6.45) is 7.12. The van der Waals surface area contributed by atoms with E-state index in [0.717, 1.165) is 87.8 Å². The molecule has 0 radical (unpaired) electrons. The molecule has 0 saturated heterocycles. The molecule has 10 rings (SSSR count). The monoisotopic (exact) mass is 951 g/mol. The van der Waals surface area contributed by atoms with Crippen molar-refractivity contribution in [1.29, 1.82) is 0 Å². The van der Waals surface area contributed by atoms with E-state index in [2.05, 4.69) is 136 Å². The average molecular weight is 951 g/mol. The van der Waals surface area contributed by atoms with E-state index in [4.69, 9.17) is 4.74 Å². The van der Waals surface area contributed by atoms with Crippen LogP contribution in [-0.2, 0) is 52.9 Å². The summed E-state index contributed by atoms with van der Waals surface area (Å²) in [7, 11) is 3.78. The Morgan fingerprint density at radius 2 is 0.915 bits per heavy atom. The van der Waals surface area contributed by atoms with Gasteiger partial charge in [0.25, 0.3) is 0 Å². The number of fused-ring (bicyclic) bond motifs is 6. The first-order valence-corrected chi connectivity index (χ1v) is 25.7. The fraction of sp³-hybridized carbons (Fsp3) is 0.361. The number of hydrogen-bond donors (Lipinski definition) is 1. The van der Waals surface area contributed by atoms with Crippen LogP contribution < -0.4 is 15.1 Å². The molecule has 1 N–H and O–H groups in total. The molecule has 71 heavy (non-hydrogen) atoms. The van der Waals surface area contributed by atoms with Gasteiger partial charge in [-0.25, -0.2) is 4.79 Å². The maximum Gasteiger partial charge on any atom is 0.411 e. The van der Waals surface area contributed by atoms with E-state index in [1.54, 1.807) is 9.80 Å². The number of likely N-dealkylation sites (N-methyl/N-ethyl adjacent to an activating group) is 2. The number of nitrogens with zero attached hydrogens (tertiary/aromatic N) is 5. The lowest BCUT2D eigenvalue weighted by Crippen LogP contribution is -2.49. The van der Waals surface area contributed by atoms with Gasteiger partial charge in [-0.1, -0.05) is 121 Å². The summed E-state index contributed by atoms with van der Waals surface area (Å²) in [5.41, 5.74) is 14.4. The molecule has 10 heteroatoms. The number of hydrogen-bond acceptors (Lipinski definition) is 7. The van der Waals surface area contributed by atoms with Crippen LogP contribution in [0.15, 0.2) is 146 Å². The standard InChI is InChI=1S/C33H39N3O3.C28H31N3O/c1-33(2,3)39-32(38)36-23-20-24-12-5-8-15-27(24)30(36)31(37)34(4)21-11-22-35-28-16-9-6-13-25(28)18-19-26-14-7-10-17-29(26)35;1-30(28(32)27-24-12-5-2-9-21(24)17-18-29-27)19-8-20-31-25-13-6-3-10-22(25)15-16-23-11-4-7-14-26(23)31/h5-10,12-17,30H,11,18-23H2,1-4H3;2-7,9-14,27,29H,8,15-20H2,1H3. The Kier molecular flexibility index (Phi) is 15.2. The summed E-state index contributed by atoms with van der Waals surface area (Å²) in [6.45, 7) is 9.87. The molecule has 0 fully saturated rings. The van der Waals surface area contributed by atoms with Crippen LogP contribution in [0, 0.1) is 0 Å². The van der Waals surface area contributed by atoms with Gasteiger partial charge >= 0.3 is 6.09 Å². The number of carbonyl (C=O) groups excluding carboxylic acids is 3.